The maximum atomic E-state index is 4.27. The van der Waals surface area contributed by atoms with Gasteiger partial charge in [0, 0.05) is 22.4 Å². The summed E-state index contributed by atoms with van der Waals surface area (Å²) in [4.78, 5) is 4.27. The molecule has 0 spiro atoms. The first kappa shape index (κ1) is 15.0. The van der Waals surface area contributed by atoms with Gasteiger partial charge in [-0.05, 0) is 86.0 Å². The van der Waals surface area contributed by atoms with E-state index in [9.17, 15) is 0 Å². The Balaban J connectivity index is 1.92. The molecule has 0 aliphatic heterocycles. The number of aromatic nitrogens is 1. The Hall–Kier alpha value is -0.410. The third-order valence-corrected chi connectivity index (χ3v) is 4.40. The number of hydrogen-bond donors (Lipinski definition) is 1. The van der Waals surface area contributed by atoms with Gasteiger partial charge in [0.05, 0.1) is 0 Å². The molecule has 1 aliphatic rings. The van der Waals surface area contributed by atoms with Crippen molar-refractivity contribution < 1.29 is 0 Å². The summed E-state index contributed by atoms with van der Waals surface area (Å²) in [6, 6.07) is 2.21. The van der Waals surface area contributed by atoms with Gasteiger partial charge in [0.1, 0.15) is 0 Å². The molecule has 1 aliphatic carbocycles. The van der Waals surface area contributed by atoms with E-state index < -0.39 is 0 Å². The van der Waals surface area contributed by atoms with E-state index in [1.54, 1.807) is 0 Å². The monoisotopic (exact) mass is 324 g/mol. The van der Waals surface area contributed by atoms with Crippen LogP contribution in [0, 0.1) is 11.8 Å². The van der Waals surface area contributed by atoms with Crippen molar-refractivity contribution in [1.82, 2.24) is 10.3 Å². The van der Waals surface area contributed by atoms with Crippen molar-refractivity contribution in [2.45, 2.75) is 52.0 Å². The quantitative estimate of drug-likeness (QED) is 0.898. The molecular formula is C16H25BrN2. The molecule has 0 radical (unpaired) electrons. The third-order valence-electron chi connectivity index (χ3n) is 3.97. The number of halogens is 1. The molecule has 1 aromatic rings. The van der Waals surface area contributed by atoms with E-state index in [0.717, 1.165) is 22.9 Å². The number of pyridine rings is 1. The highest BCUT2D eigenvalue weighted by Gasteiger charge is 2.28. The molecule has 2 rings (SSSR count). The zero-order valence-corrected chi connectivity index (χ0v) is 13.8. The molecule has 2 unspecified atom stereocenters. The predicted octanol–water partition coefficient (Wildman–Crippen LogP) is 4.19. The fraction of sp³-hybridized carbons (Fsp3) is 0.688. The van der Waals surface area contributed by atoms with Gasteiger partial charge in [0.2, 0.25) is 0 Å². The van der Waals surface area contributed by atoms with Crippen molar-refractivity contribution in [3.05, 3.63) is 28.5 Å². The van der Waals surface area contributed by atoms with Crippen molar-refractivity contribution in [2.75, 3.05) is 6.54 Å². The Labute approximate surface area is 125 Å². The fourth-order valence-electron chi connectivity index (χ4n) is 2.96. The molecular weight excluding hydrogens is 300 g/mol. The van der Waals surface area contributed by atoms with Crippen LogP contribution in [0.25, 0.3) is 0 Å². The fourth-order valence-corrected chi connectivity index (χ4v) is 3.37. The lowest BCUT2D eigenvalue weighted by Crippen LogP contribution is -2.40. The van der Waals surface area contributed by atoms with Gasteiger partial charge in [-0.1, -0.05) is 6.42 Å². The predicted molar refractivity (Wildman–Crippen MR) is 84.2 cm³/mol. The van der Waals surface area contributed by atoms with Gasteiger partial charge >= 0.3 is 0 Å². The SMILES string of the molecule is CC(C)(C)NCC1CCCC1Cc1cncc(Br)c1. The van der Waals surface area contributed by atoms with Crippen LogP contribution in [0.3, 0.4) is 0 Å². The molecule has 19 heavy (non-hydrogen) atoms. The maximum absolute atomic E-state index is 4.27. The lowest BCUT2D eigenvalue weighted by molar-refractivity contribution is 0.317. The number of hydrogen-bond acceptors (Lipinski definition) is 2. The van der Waals surface area contributed by atoms with Crippen LogP contribution in [0.2, 0.25) is 0 Å². The topological polar surface area (TPSA) is 24.9 Å². The van der Waals surface area contributed by atoms with Gasteiger partial charge < -0.3 is 5.32 Å². The summed E-state index contributed by atoms with van der Waals surface area (Å²) in [7, 11) is 0. The highest BCUT2D eigenvalue weighted by molar-refractivity contribution is 9.10. The Morgan fingerprint density at radius 2 is 2.00 bits per heavy atom. The number of rotatable bonds is 4. The van der Waals surface area contributed by atoms with E-state index in [2.05, 4.69) is 53.1 Å². The standard InChI is InChI=1S/C16H25BrN2/c1-16(2,3)19-10-14-6-4-5-13(14)7-12-8-15(17)11-18-9-12/h8-9,11,13-14,19H,4-7,10H2,1-3H3. The molecule has 2 nitrogen and oxygen atoms in total. The Kier molecular flexibility index (Phi) is 5.02. The van der Waals surface area contributed by atoms with Crippen LogP contribution in [0.15, 0.2) is 22.9 Å². The number of nitrogens with zero attached hydrogens (tertiary/aromatic N) is 1. The second-order valence-electron chi connectivity index (χ2n) is 6.80. The van der Waals surface area contributed by atoms with E-state index in [4.69, 9.17) is 0 Å². The molecule has 0 saturated heterocycles. The normalized spacial score (nSPS) is 23.8. The zero-order chi connectivity index (χ0) is 13.9. The zero-order valence-electron chi connectivity index (χ0n) is 12.2. The van der Waals surface area contributed by atoms with Crippen LogP contribution < -0.4 is 5.32 Å². The van der Waals surface area contributed by atoms with E-state index in [-0.39, 0.29) is 5.54 Å². The summed E-state index contributed by atoms with van der Waals surface area (Å²) >= 11 is 3.51. The third kappa shape index (κ3) is 4.88. The van der Waals surface area contributed by atoms with Gasteiger partial charge in [-0.3, -0.25) is 4.98 Å². The second kappa shape index (κ2) is 6.36. The van der Waals surface area contributed by atoms with Crippen LogP contribution in [0.1, 0.15) is 45.6 Å². The molecule has 2 atom stereocenters. The van der Waals surface area contributed by atoms with E-state index in [1.807, 2.05) is 12.4 Å². The van der Waals surface area contributed by atoms with Crippen LogP contribution in [0.5, 0.6) is 0 Å². The highest BCUT2D eigenvalue weighted by Crippen LogP contribution is 2.34. The highest BCUT2D eigenvalue weighted by atomic mass is 79.9. The van der Waals surface area contributed by atoms with E-state index in [0.29, 0.717) is 0 Å². The summed E-state index contributed by atoms with van der Waals surface area (Å²) in [5.41, 5.74) is 1.59. The average molecular weight is 325 g/mol. The lowest BCUT2D eigenvalue weighted by atomic mass is 9.89. The van der Waals surface area contributed by atoms with Gasteiger partial charge in [-0.15, -0.1) is 0 Å². The van der Waals surface area contributed by atoms with Crippen molar-refractivity contribution in [1.29, 1.82) is 0 Å². The van der Waals surface area contributed by atoms with Crippen LogP contribution in [-0.4, -0.2) is 17.1 Å². The number of nitrogens with one attached hydrogen (secondary N) is 1. The van der Waals surface area contributed by atoms with Crippen molar-refractivity contribution in [3.8, 4) is 0 Å². The van der Waals surface area contributed by atoms with Crippen molar-refractivity contribution in [3.63, 3.8) is 0 Å². The van der Waals surface area contributed by atoms with Gasteiger partial charge in [0.25, 0.3) is 0 Å². The summed E-state index contributed by atoms with van der Waals surface area (Å²) < 4.78 is 1.09. The molecule has 0 amide bonds. The summed E-state index contributed by atoms with van der Waals surface area (Å²) in [5.74, 6) is 1.63. The molecule has 1 aromatic heterocycles. The van der Waals surface area contributed by atoms with Crippen LogP contribution in [0.4, 0.5) is 0 Å². The minimum absolute atomic E-state index is 0.227. The lowest BCUT2D eigenvalue weighted by Gasteiger charge is -2.26. The molecule has 3 heteroatoms. The van der Waals surface area contributed by atoms with Gasteiger partial charge in [0.15, 0.2) is 0 Å². The summed E-state index contributed by atoms with van der Waals surface area (Å²) in [5, 5.41) is 3.67. The summed E-state index contributed by atoms with van der Waals surface area (Å²) in [6.07, 6.45) is 9.15. The average Bonchev–Trinajstić information content (AvgIpc) is 2.73. The van der Waals surface area contributed by atoms with E-state index >= 15 is 0 Å². The van der Waals surface area contributed by atoms with Crippen molar-refractivity contribution in [2.24, 2.45) is 11.8 Å². The molecule has 0 aromatic carbocycles. The first-order chi connectivity index (χ1) is 8.94. The van der Waals surface area contributed by atoms with Crippen LogP contribution >= 0.6 is 15.9 Å². The molecule has 1 fully saturated rings. The van der Waals surface area contributed by atoms with Crippen LogP contribution in [-0.2, 0) is 6.42 Å². The molecule has 1 saturated carbocycles. The largest absolute Gasteiger partial charge is 0.312 e. The Morgan fingerprint density at radius 3 is 2.68 bits per heavy atom. The molecule has 0 bridgehead atoms. The molecule has 1 N–H and O–H groups in total. The Bertz CT molecular complexity index is 411. The molecule has 106 valence electrons. The first-order valence-electron chi connectivity index (χ1n) is 7.28. The van der Waals surface area contributed by atoms with Crippen molar-refractivity contribution >= 4 is 15.9 Å². The Morgan fingerprint density at radius 1 is 1.26 bits per heavy atom. The first-order valence-corrected chi connectivity index (χ1v) is 8.08. The minimum Gasteiger partial charge on any atom is -0.312 e. The summed E-state index contributed by atoms with van der Waals surface area (Å²) in [6.45, 7) is 7.88. The minimum atomic E-state index is 0.227. The molecule has 1 heterocycles. The van der Waals surface area contributed by atoms with E-state index in [1.165, 1.54) is 31.2 Å². The van der Waals surface area contributed by atoms with Gasteiger partial charge in [-0.25, -0.2) is 0 Å². The smallest absolute Gasteiger partial charge is 0.0410 e. The van der Waals surface area contributed by atoms with Gasteiger partial charge in [-0.2, -0.15) is 0 Å². The second-order valence-corrected chi connectivity index (χ2v) is 7.71. The maximum Gasteiger partial charge on any atom is 0.0410 e.